The number of esters is 1. The molecule has 0 heterocycles. The zero-order chi connectivity index (χ0) is 58.5. The summed E-state index contributed by atoms with van der Waals surface area (Å²) in [5.41, 5.74) is 0. The number of unbranched alkanes of at least 4 members (excludes halogenated alkanes) is 54. The molecule has 6 nitrogen and oxygen atoms in total. The number of aliphatic hydroxyl groups excluding tert-OH is 2. The highest BCUT2D eigenvalue weighted by Gasteiger charge is 2.18. The molecule has 2 unspecified atom stereocenters. The van der Waals surface area contributed by atoms with Crippen LogP contribution in [0.1, 0.15) is 406 Å². The van der Waals surface area contributed by atoms with E-state index in [1.54, 1.807) is 6.08 Å². The third-order valence-electron chi connectivity index (χ3n) is 17.2. The van der Waals surface area contributed by atoms with Crippen LogP contribution < -0.4 is 5.32 Å². The van der Waals surface area contributed by atoms with Gasteiger partial charge in [-0.25, -0.2) is 0 Å². The summed E-state index contributed by atoms with van der Waals surface area (Å²) in [6, 6.07) is -0.626. The molecule has 0 fully saturated rings. The molecule has 0 aliphatic carbocycles. The first-order chi connectivity index (χ1) is 40.0. The highest BCUT2D eigenvalue weighted by Crippen LogP contribution is 2.19. The largest absolute Gasteiger partial charge is 0.466 e. The summed E-state index contributed by atoms with van der Waals surface area (Å²) >= 11 is 0. The average molecular weight is 1140 g/mol. The van der Waals surface area contributed by atoms with Crippen LogP contribution in [0.2, 0.25) is 0 Å². The van der Waals surface area contributed by atoms with Crippen molar-refractivity contribution in [2.45, 2.75) is 418 Å². The first kappa shape index (κ1) is 79.1. The zero-order valence-corrected chi connectivity index (χ0v) is 54.8. The van der Waals surface area contributed by atoms with Crippen molar-refractivity contribution in [1.82, 2.24) is 5.32 Å². The van der Waals surface area contributed by atoms with Crippen LogP contribution in [0.3, 0.4) is 0 Å². The maximum atomic E-state index is 12.5. The van der Waals surface area contributed by atoms with Gasteiger partial charge in [0, 0.05) is 12.8 Å². The number of carbonyl (C=O) groups is 2. The molecule has 478 valence electrons. The second-order valence-corrected chi connectivity index (χ2v) is 25.3. The highest BCUT2D eigenvalue weighted by molar-refractivity contribution is 5.76. The highest BCUT2D eigenvalue weighted by atomic mass is 16.5. The van der Waals surface area contributed by atoms with E-state index < -0.39 is 12.1 Å². The number of hydrogen-bond donors (Lipinski definition) is 3. The number of allylic oxidation sites excluding steroid dienone is 5. The minimum Gasteiger partial charge on any atom is -0.466 e. The fourth-order valence-electron chi connectivity index (χ4n) is 11.6. The van der Waals surface area contributed by atoms with Gasteiger partial charge in [0.15, 0.2) is 0 Å². The lowest BCUT2D eigenvalue weighted by Gasteiger charge is -2.20. The van der Waals surface area contributed by atoms with Crippen molar-refractivity contribution in [2.24, 2.45) is 0 Å². The molecular weight excluding hydrogens is 995 g/mol. The Kier molecular flexibility index (Phi) is 68.9. The van der Waals surface area contributed by atoms with E-state index in [0.717, 1.165) is 51.4 Å². The fourth-order valence-corrected chi connectivity index (χ4v) is 11.6. The van der Waals surface area contributed by atoms with E-state index in [9.17, 15) is 19.8 Å². The maximum absolute atomic E-state index is 12.5. The molecule has 2 atom stereocenters. The van der Waals surface area contributed by atoms with Gasteiger partial charge in [-0.05, 0) is 64.2 Å². The van der Waals surface area contributed by atoms with Crippen molar-refractivity contribution in [3.63, 3.8) is 0 Å². The van der Waals surface area contributed by atoms with Gasteiger partial charge in [0.1, 0.15) is 0 Å². The van der Waals surface area contributed by atoms with Crippen LogP contribution in [-0.4, -0.2) is 47.4 Å². The second-order valence-electron chi connectivity index (χ2n) is 25.3. The van der Waals surface area contributed by atoms with Crippen LogP contribution in [0.15, 0.2) is 36.5 Å². The number of amides is 1. The number of nitrogens with one attached hydrogen (secondary N) is 1. The Balaban J connectivity index is 3.36. The Morgan fingerprint density at radius 1 is 0.346 bits per heavy atom. The monoisotopic (exact) mass is 1140 g/mol. The Morgan fingerprint density at radius 3 is 0.963 bits per heavy atom. The van der Waals surface area contributed by atoms with Crippen molar-refractivity contribution < 1.29 is 24.5 Å². The molecule has 0 radical (unpaired) electrons. The molecule has 3 N–H and O–H groups in total. The number of aliphatic hydroxyl groups is 2. The molecule has 81 heavy (non-hydrogen) atoms. The number of hydrogen-bond acceptors (Lipinski definition) is 5. The average Bonchev–Trinajstić information content (AvgIpc) is 3.47. The summed E-state index contributed by atoms with van der Waals surface area (Å²) in [4.78, 5) is 24.6. The first-order valence-electron chi connectivity index (χ1n) is 36.8. The molecule has 1 amide bonds. The smallest absolute Gasteiger partial charge is 0.305 e. The number of rotatable bonds is 69. The number of carbonyl (C=O) groups excluding carboxylic acids is 2. The van der Waals surface area contributed by atoms with Crippen LogP contribution >= 0.6 is 0 Å². The van der Waals surface area contributed by atoms with Gasteiger partial charge >= 0.3 is 5.97 Å². The molecule has 0 bridgehead atoms. The molecule has 0 aromatic rings. The molecule has 0 spiro atoms. The Hall–Kier alpha value is -1.92. The summed E-state index contributed by atoms with van der Waals surface area (Å²) in [5, 5.41) is 23.2. The van der Waals surface area contributed by atoms with Gasteiger partial charge in [-0.15, -0.1) is 0 Å². The summed E-state index contributed by atoms with van der Waals surface area (Å²) in [6.45, 7) is 4.91. The van der Waals surface area contributed by atoms with E-state index in [1.165, 1.54) is 327 Å². The minimum atomic E-state index is -0.843. The summed E-state index contributed by atoms with van der Waals surface area (Å²) in [5.74, 6) is -0.0501. The van der Waals surface area contributed by atoms with Crippen LogP contribution in [0.25, 0.3) is 0 Å². The zero-order valence-electron chi connectivity index (χ0n) is 54.8. The number of ether oxygens (including phenoxy) is 1. The minimum absolute atomic E-state index is 0.0112. The van der Waals surface area contributed by atoms with Crippen LogP contribution in [0.5, 0.6) is 0 Å². The normalized spacial score (nSPS) is 12.7. The molecule has 0 aliphatic rings. The molecule has 0 aromatic carbocycles. The lowest BCUT2D eigenvalue weighted by atomic mass is 10.0. The van der Waals surface area contributed by atoms with Gasteiger partial charge in [0.2, 0.25) is 5.91 Å². The van der Waals surface area contributed by atoms with Crippen molar-refractivity contribution >= 4 is 11.9 Å². The molecule has 0 aliphatic heterocycles. The quantitative estimate of drug-likeness (QED) is 0.0320. The van der Waals surface area contributed by atoms with E-state index in [0.29, 0.717) is 19.4 Å². The fraction of sp³-hybridized carbons (Fsp3) is 0.893. The summed E-state index contributed by atoms with van der Waals surface area (Å²) in [7, 11) is 0. The van der Waals surface area contributed by atoms with Crippen LogP contribution in [0.4, 0.5) is 0 Å². The SMILES string of the molecule is CCCCC/C=C\C/C=C\CCCCCCCCCC(=O)OCCCCCCCCCCCCCCCCCCCCCCCCCCCCCCC(=O)NC(CO)C(O)/C=C/CCCCCCCCCCCCCCCCCCC. The standard InChI is InChI=1S/C75H143NO5/c1-3-5-7-9-11-13-15-17-19-21-32-36-39-43-47-51-55-59-63-67-73(78)72(71-77)76-74(79)68-64-60-56-52-48-44-40-37-33-30-28-26-24-22-23-25-27-29-31-34-38-42-46-50-54-58-62-66-70-81-75(80)69-65-61-57-53-49-45-41-35-20-18-16-14-12-10-8-6-4-2/h12,14,18,20,63,67,72-73,77-78H,3-11,13,15-17,19,21-62,64-66,68-71H2,1-2H3,(H,76,79)/b14-12-,20-18-,67-63+. The van der Waals surface area contributed by atoms with Crippen molar-refractivity contribution in [2.75, 3.05) is 13.2 Å². The molecule has 0 saturated heterocycles. The third-order valence-corrected chi connectivity index (χ3v) is 17.2. The topological polar surface area (TPSA) is 95.9 Å². The van der Waals surface area contributed by atoms with E-state index in [2.05, 4.69) is 43.5 Å². The van der Waals surface area contributed by atoms with Gasteiger partial charge in [-0.1, -0.05) is 365 Å². The second kappa shape index (κ2) is 70.6. The first-order valence-corrected chi connectivity index (χ1v) is 36.8. The predicted octanol–water partition coefficient (Wildman–Crippen LogP) is 23.9. The predicted molar refractivity (Wildman–Crippen MR) is 356 cm³/mol. The van der Waals surface area contributed by atoms with E-state index in [-0.39, 0.29) is 18.5 Å². The van der Waals surface area contributed by atoms with Crippen molar-refractivity contribution in [1.29, 1.82) is 0 Å². The van der Waals surface area contributed by atoms with E-state index >= 15 is 0 Å². The maximum Gasteiger partial charge on any atom is 0.305 e. The Labute approximate surface area is 506 Å². The Bertz CT molecular complexity index is 1310. The van der Waals surface area contributed by atoms with Crippen LogP contribution in [0, 0.1) is 0 Å². The van der Waals surface area contributed by atoms with Crippen molar-refractivity contribution in [3.8, 4) is 0 Å². The summed E-state index contributed by atoms with van der Waals surface area (Å²) < 4.78 is 5.50. The Morgan fingerprint density at radius 2 is 0.617 bits per heavy atom. The molecule has 0 aromatic heterocycles. The molecule has 6 heteroatoms. The summed E-state index contributed by atoms with van der Waals surface area (Å²) in [6.07, 6.45) is 90.9. The van der Waals surface area contributed by atoms with Gasteiger partial charge in [0.25, 0.3) is 0 Å². The van der Waals surface area contributed by atoms with Crippen molar-refractivity contribution in [3.05, 3.63) is 36.5 Å². The van der Waals surface area contributed by atoms with Gasteiger partial charge < -0.3 is 20.3 Å². The van der Waals surface area contributed by atoms with Gasteiger partial charge in [-0.2, -0.15) is 0 Å². The lowest BCUT2D eigenvalue weighted by Crippen LogP contribution is -2.45. The van der Waals surface area contributed by atoms with Gasteiger partial charge in [-0.3, -0.25) is 9.59 Å². The molecular formula is C75H143NO5. The van der Waals surface area contributed by atoms with Crippen LogP contribution in [-0.2, 0) is 14.3 Å². The molecule has 0 rings (SSSR count). The van der Waals surface area contributed by atoms with E-state index in [4.69, 9.17) is 4.74 Å². The van der Waals surface area contributed by atoms with Gasteiger partial charge in [0.05, 0.1) is 25.4 Å². The van der Waals surface area contributed by atoms with E-state index in [1.807, 2.05) is 6.08 Å². The molecule has 0 saturated carbocycles. The third kappa shape index (κ3) is 67.1. The lowest BCUT2D eigenvalue weighted by molar-refractivity contribution is -0.143.